The number of amides is 1. The number of carbonyl (C=O) groups excluding carboxylic acids is 1. The van der Waals surface area contributed by atoms with Gasteiger partial charge in [-0.1, -0.05) is 18.2 Å². The molecule has 2 aromatic carbocycles. The van der Waals surface area contributed by atoms with Crippen LogP contribution in [0.15, 0.2) is 48.5 Å². The minimum atomic E-state index is -1.11. The van der Waals surface area contributed by atoms with Crippen LogP contribution < -0.4 is 10.1 Å². The third-order valence-electron chi connectivity index (χ3n) is 3.46. The van der Waals surface area contributed by atoms with Gasteiger partial charge < -0.3 is 15.2 Å². The van der Waals surface area contributed by atoms with Gasteiger partial charge in [-0.25, -0.2) is 4.39 Å². The molecule has 2 aromatic rings. The van der Waals surface area contributed by atoms with E-state index in [0.29, 0.717) is 6.42 Å². The van der Waals surface area contributed by atoms with Crippen LogP contribution in [0, 0.1) is 5.82 Å². The predicted octanol–water partition coefficient (Wildman–Crippen LogP) is 2.56. The van der Waals surface area contributed by atoms with Gasteiger partial charge in [0.15, 0.2) is 0 Å². The first-order valence-corrected chi connectivity index (χ1v) is 7.29. The Balaban J connectivity index is 1.93. The van der Waals surface area contributed by atoms with Crippen molar-refractivity contribution in [2.45, 2.75) is 18.9 Å². The summed E-state index contributed by atoms with van der Waals surface area (Å²) in [6, 6.07) is 12.8. The Kier molecular flexibility index (Phi) is 5.34. The first kappa shape index (κ1) is 17.0. The van der Waals surface area contributed by atoms with Gasteiger partial charge in [0.2, 0.25) is 0 Å². The summed E-state index contributed by atoms with van der Waals surface area (Å²) in [5.74, 6) is -0.144. The first-order chi connectivity index (χ1) is 10.9. The summed E-state index contributed by atoms with van der Waals surface area (Å²) in [6.07, 6.45) is 0.375. The highest BCUT2D eigenvalue weighted by Crippen LogP contribution is 2.17. The topological polar surface area (TPSA) is 58.6 Å². The fraction of sp³-hybridized carbons (Fsp3) is 0.278. The number of rotatable bonds is 6. The lowest BCUT2D eigenvalue weighted by atomic mass is 9.96. The van der Waals surface area contributed by atoms with E-state index in [1.807, 2.05) is 24.3 Å². The van der Waals surface area contributed by atoms with Crippen LogP contribution in [0.1, 0.15) is 22.8 Å². The average molecular weight is 317 g/mol. The van der Waals surface area contributed by atoms with E-state index in [1.54, 1.807) is 14.0 Å². The van der Waals surface area contributed by atoms with Crippen LogP contribution in [-0.2, 0) is 6.42 Å². The third-order valence-corrected chi connectivity index (χ3v) is 3.46. The molecule has 122 valence electrons. The largest absolute Gasteiger partial charge is 0.497 e. The Morgan fingerprint density at radius 1 is 1.26 bits per heavy atom. The van der Waals surface area contributed by atoms with E-state index in [1.165, 1.54) is 18.2 Å². The maximum absolute atomic E-state index is 13.1. The Morgan fingerprint density at radius 3 is 2.57 bits per heavy atom. The molecular formula is C18H20FNO3. The van der Waals surface area contributed by atoms with Crippen molar-refractivity contribution in [1.82, 2.24) is 5.32 Å². The SMILES string of the molecule is COc1ccc(C[C@@](C)(O)CNC(=O)c2cccc(F)c2)cc1. The molecule has 1 atom stereocenters. The molecular weight excluding hydrogens is 297 g/mol. The van der Waals surface area contributed by atoms with Gasteiger partial charge in [0, 0.05) is 18.5 Å². The highest BCUT2D eigenvalue weighted by Gasteiger charge is 2.22. The molecule has 5 heteroatoms. The number of benzene rings is 2. The van der Waals surface area contributed by atoms with Crippen molar-refractivity contribution in [2.24, 2.45) is 0 Å². The molecule has 0 bridgehead atoms. The summed E-state index contributed by atoms with van der Waals surface area (Å²) >= 11 is 0. The zero-order valence-electron chi connectivity index (χ0n) is 13.2. The fourth-order valence-corrected chi connectivity index (χ4v) is 2.25. The summed E-state index contributed by atoms with van der Waals surface area (Å²) < 4.78 is 18.2. The van der Waals surface area contributed by atoms with Crippen LogP contribution >= 0.6 is 0 Å². The normalized spacial score (nSPS) is 13.2. The monoisotopic (exact) mass is 317 g/mol. The molecule has 1 amide bonds. The van der Waals surface area contributed by atoms with E-state index in [0.717, 1.165) is 17.4 Å². The number of ether oxygens (including phenoxy) is 1. The van der Waals surface area contributed by atoms with Gasteiger partial charge in [0.1, 0.15) is 11.6 Å². The van der Waals surface area contributed by atoms with E-state index in [2.05, 4.69) is 5.32 Å². The molecule has 0 aliphatic carbocycles. The molecule has 2 rings (SSSR count). The molecule has 23 heavy (non-hydrogen) atoms. The van der Waals surface area contributed by atoms with Gasteiger partial charge in [-0.15, -0.1) is 0 Å². The first-order valence-electron chi connectivity index (χ1n) is 7.29. The van der Waals surface area contributed by atoms with E-state index < -0.39 is 17.3 Å². The number of methoxy groups -OCH3 is 1. The van der Waals surface area contributed by atoms with Gasteiger partial charge in [-0.05, 0) is 42.8 Å². The number of aliphatic hydroxyl groups is 1. The van der Waals surface area contributed by atoms with Crippen molar-refractivity contribution in [3.8, 4) is 5.75 Å². The molecule has 4 nitrogen and oxygen atoms in total. The number of hydrogen-bond acceptors (Lipinski definition) is 3. The van der Waals surface area contributed by atoms with Crippen molar-refractivity contribution >= 4 is 5.91 Å². The minimum Gasteiger partial charge on any atom is -0.497 e. The number of hydrogen-bond donors (Lipinski definition) is 2. The smallest absolute Gasteiger partial charge is 0.251 e. The second-order valence-electron chi connectivity index (χ2n) is 5.71. The van der Waals surface area contributed by atoms with Gasteiger partial charge in [-0.3, -0.25) is 4.79 Å². The van der Waals surface area contributed by atoms with E-state index in [-0.39, 0.29) is 12.1 Å². The second kappa shape index (κ2) is 7.24. The van der Waals surface area contributed by atoms with Crippen LogP contribution in [0.2, 0.25) is 0 Å². The van der Waals surface area contributed by atoms with E-state index in [4.69, 9.17) is 4.74 Å². The van der Waals surface area contributed by atoms with Crippen molar-refractivity contribution in [3.63, 3.8) is 0 Å². The molecule has 0 radical (unpaired) electrons. The Labute approximate surface area is 134 Å². The van der Waals surface area contributed by atoms with Crippen molar-refractivity contribution in [2.75, 3.05) is 13.7 Å². The molecule has 0 saturated heterocycles. The molecule has 0 fully saturated rings. The van der Waals surface area contributed by atoms with Crippen LogP contribution in [0.4, 0.5) is 4.39 Å². The quantitative estimate of drug-likeness (QED) is 0.861. The lowest BCUT2D eigenvalue weighted by Gasteiger charge is -2.24. The van der Waals surface area contributed by atoms with E-state index in [9.17, 15) is 14.3 Å². The maximum Gasteiger partial charge on any atom is 0.251 e. The van der Waals surface area contributed by atoms with Gasteiger partial charge >= 0.3 is 0 Å². The molecule has 0 aromatic heterocycles. The Hall–Kier alpha value is -2.40. The minimum absolute atomic E-state index is 0.0639. The van der Waals surface area contributed by atoms with Crippen LogP contribution in [0.25, 0.3) is 0 Å². The summed E-state index contributed by atoms with van der Waals surface area (Å²) in [4.78, 5) is 12.0. The highest BCUT2D eigenvalue weighted by molar-refractivity contribution is 5.94. The van der Waals surface area contributed by atoms with Crippen molar-refractivity contribution in [1.29, 1.82) is 0 Å². The predicted molar refractivity (Wildman–Crippen MR) is 86.1 cm³/mol. The van der Waals surface area contributed by atoms with Crippen molar-refractivity contribution < 1.29 is 19.0 Å². The molecule has 2 N–H and O–H groups in total. The van der Waals surface area contributed by atoms with Crippen molar-refractivity contribution in [3.05, 3.63) is 65.5 Å². The van der Waals surface area contributed by atoms with Crippen LogP contribution in [0.3, 0.4) is 0 Å². The van der Waals surface area contributed by atoms with Gasteiger partial charge in [-0.2, -0.15) is 0 Å². The molecule has 0 spiro atoms. The fourth-order valence-electron chi connectivity index (χ4n) is 2.25. The summed E-state index contributed by atoms with van der Waals surface area (Å²) in [6.45, 7) is 1.71. The zero-order valence-corrected chi connectivity index (χ0v) is 13.2. The summed E-state index contributed by atoms with van der Waals surface area (Å²) in [5, 5.41) is 13.1. The highest BCUT2D eigenvalue weighted by atomic mass is 19.1. The van der Waals surface area contributed by atoms with Gasteiger partial charge in [0.05, 0.1) is 12.7 Å². The average Bonchev–Trinajstić information content (AvgIpc) is 2.53. The Morgan fingerprint density at radius 2 is 1.96 bits per heavy atom. The summed E-state index contributed by atoms with van der Waals surface area (Å²) in [5.41, 5.74) is 0.0402. The second-order valence-corrected chi connectivity index (χ2v) is 5.71. The van der Waals surface area contributed by atoms with Gasteiger partial charge in [0.25, 0.3) is 5.91 Å². The molecule has 0 saturated carbocycles. The van der Waals surface area contributed by atoms with Crippen LogP contribution in [0.5, 0.6) is 5.75 Å². The zero-order chi connectivity index (χ0) is 16.9. The van der Waals surface area contributed by atoms with Crippen LogP contribution in [-0.4, -0.2) is 30.3 Å². The summed E-state index contributed by atoms with van der Waals surface area (Å²) in [7, 11) is 1.59. The Bertz CT molecular complexity index is 668. The lowest BCUT2D eigenvalue weighted by Crippen LogP contribution is -2.42. The lowest BCUT2D eigenvalue weighted by molar-refractivity contribution is 0.0552. The molecule has 0 heterocycles. The molecule has 0 aliphatic heterocycles. The maximum atomic E-state index is 13.1. The molecule has 0 unspecified atom stereocenters. The standard InChI is InChI=1S/C18H20FNO3/c1-18(22,11-13-6-8-16(23-2)9-7-13)12-20-17(21)14-4-3-5-15(19)10-14/h3-10,22H,11-12H2,1-2H3,(H,20,21)/t18-/m1/s1. The number of halogens is 1. The van der Waals surface area contributed by atoms with E-state index >= 15 is 0 Å². The third kappa shape index (κ3) is 5.07. The number of carbonyl (C=O) groups is 1. The number of nitrogens with one attached hydrogen (secondary N) is 1. The molecule has 0 aliphatic rings.